The highest BCUT2D eigenvalue weighted by Gasteiger charge is 2.37. The third kappa shape index (κ3) is 5.73. The Bertz CT molecular complexity index is 1000. The van der Waals surface area contributed by atoms with Crippen LogP contribution in [0.2, 0.25) is 0 Å². The number of quaternary nitrogens is 1. The lowest BCUT2D eigenvalue weighted by Crippen LogP contribution is -2.68. The van der Waals surface area contributed by atoms with E-state index in [1.807, 2.05) is 13.0 Å². The number of nitro benzene ring substituents is 1. The molecule has 3 aliphatic rings. The molecule has 0 atom stereocenters. The van der Waals surface area contributed by atoms with Gasteiger partial charge in [-0.3, -0.25) is 15.0 Å². The first kappa shape index (κ1) is 23.3. The molecule has 0 spiro atoms. The zero-order chi connectivity index (χ0) is 23.3. The highest BCUT2D eigenvalue weighted by molar-refractivity contribution is 5.60. The van der Waals surface area contributed by atoms with Crippen molar-refractivity contribution in [3.8, 4) is 5.75 Å². The third-order valence-electron chi connectivity index (χ3n) is 6.93. The molecule has 3 aliphatic heterocycles. The van der Waals surface area contributed by atoms with Crippen molar-refractivity contribution in [2.45, 2.75) is 13.3 Å². The summed E-state index contributed by atoms with van der Waals surface area (Å²) in [5.41, 5.74) is 3.02. The second kappa shape index (κ2) is 10.4. The van der Waals surface area contributed by atoms with E-state index in [1.54, 1.807) is 12.1 Å². The Morgan fingerprint density at radius 2 is 1.76 bits per heavy atom. The predicted octanol–water partition coefficient (Wildman–Crippen LogP) is 3.61. The van der Waals surface area contributed by atoms with Crippen LogP contribution in [0.4, 0.5) is 17.1 Å². The Morgan fingerprint density at radius 1 is 1.06 bits per heavy atom. The topological polar surface area (TPSA) is 92.4 Å². The molecule has 0 aliphatic carbocycles. The minimum absolute atomic E-state index is 0.129. The Kier molecular flexibility index (Phi) is 7.32. The first-order valence-electron chi connectivity index (χ1n) is 11.6. The SMILES string of the molecule is COc1ccc(N=Nc2ccc(CCNCC[N+]34CCN(CC3)CC4)cc2C)c([N+](=O)[O-])c1. The van der Waals surface area contributed by atoms with Crippen molar-refractivity contribution in [1.29, 1.82) is 0 Å². The summed E-state index contributed by atoms with van der Waals surface area (Å²) < 4.78 is 6.35. The fraction of sp³-hybridized carbons (Fsp3) is 0.500. The van der Waals surface area contributed by atoms with Gasteiger partial charge in [0.1, 0.15) is 5.75 Å². The van der Waals surface area contributed by atoms with E-state index in [9.17, 15) is 10.1 Å². The molecule has 3 fully saturated rings. The number of rotatable bonds is 10. The van der Waals surface area contributed by atoms with E-state index in [1.165, 1.54) is 69.0 Å². The zero-order valence-corrected chi connectivity index (χ0v) is 19.5. The van der Waals surface area contributed by atoms with Crippen LogP contribution in [0.3, 0.4) is 0 Å². The van der Waals surface area contributed by atoms with Crippen LogP contribution in [0, 0.1) is 17.0 Å². The summed E-state index contributed by atoms with van der Waals surface area (Å²) in [4.78, 5) is 13.4. The summed E-state index contributed by atoms with van der Waals surface area (Å²) in [5.74, 6) is 0.414. The van der Waals surface area contributed by atoms with Crippen LogP contribution in [0.5, 0.6) is 5.75 Å². The Morgan fingerprint density at radius 3 is 2.42 bits per heavy atom. The van der Waals surface area contributed by atoms with E-state index in [4.69, 9.17) is 4.74 Å². The van der Waals surface area contributed by atoms with Crippen LogP contribution in [0.1, 0.15) is 11.1 Å². The normalized spacial score (nSPS) is 22.1. The predicted molar refractivity (Wildman–Crippen MR) is 128 cm³/mol. The molecule has 3 saturated heterocycles. The summed E-state index contributed by atoms with van der Waals surface area (Å²) in [5, 5.41) is 23.3. The van der Waals surface area contributed by atoms with Gasteiger partial charge >= 0.3 is 0 Å². The van der Waals surface area contributed by atoms with Gasteiger partial charge in [-0.2, -0.15) is 5.11 Å². The van der Waals surface area contributed by atoms with Crippen molar-refractivity contribution in [2.24, 2.45) is 10.2 Å². The molecule has 33 heavy (non-hydrogen) atoms. The smallest absolute Gasteiger partial charge is 0.300 e. The fourth-order valence-corrected chi connectivity index (χ4v) is 4.69. The highest BCUT2D eigenvalue weighted by atomic mass is 16.6. The number of benzene rings is 2. The minimum atomic E-state index is -0.477. The number of piperazine rings is 3. The summed E-state index contributed by atoms with van der Waals surface area (Å²) in [6.45, 7) is 12.9. The average Bonchev–Trinajstić information content (AvgIpc) is 2.84. The Labute approximate surface area is 194 Å². The first-order chi connectivity index (χ1) is 16.0. The van der Waals surface area contributed by atoms with Crippen LogP contribution in [0.15, 0.2) is 46.6 Å². The van der Waals surface area contributed by atoms with Gasteiger partial charge in [0, 0.05) is 26.2 Å². The zero-order valence-electron chi connectivity index (χ0n) is 19.5. The number of hydrogen-bond donors (Lipinski definition) is 1. The number of fused-ring (bicyclic) bond motifs is 3. The molecule has 0 radical (unpaired) electrons. The molecule has 0 unspecified atom stereocenters. The quantitative estimate of drug-likeness (QED) is 0.195. The molecule has 3 heterocycles. The van der Waals surface area contributed by atoms with Crippen molar-refractivity contribution < 1.29 is 14.1 Å². The summed E-state index contributed by atoms with van der Waals surface area (Å²) in [7, 11) is 1.47. The van der Waals surface area contributed by atoms with Crippen LogP contribution in [-0.4, -0.2) is 80.3 Å². The number of aryl methyl sites for hydroxylation is 1. The number of hydrogen-bond acceptors (Lipinski definition) is 7. The van der Waals surface area contributed by atoms with Gasteiger partial charge in [0.2, 0.25) is 0 Å². The van der Waals surface area contributed by atoms with Gasteiger partial charge < -0.3 is 14.5 Å². The van der Waals surface area contributed by atoms with Crippen LogP contribution >= 0.6 is 0 Å². The van der Waals surface area contributed by atoms with Crippen molar-refractivity contribution in [1.82, 2.24) is 10.2 Å². The standard InChI is InChI=1S/C24H33N6O3/c1-19-17-20(7-8-25-9-13-30-14-10-28(11-15-30)12-16-30)3-5-22(19)26-27-23-6-4-21(33-2)18-24(23)29(31)32/h3-6,17-18,25H,7-16H2,1-2H3/q+1. The molecule has 0 saturated carbocycles. The number of azo groups is 1. The molecule has 9 nitrogen and oxygen atoms in total. The maximum Gasteiger partial charge on any atom is 0.300 e. The molecule has 1 N–H and O–H groups in total. The van der Waals surface area contributed by atoms with Crippen LogP contribution in [-0.2, 0) is 6.42 Å². The van der Waals surface area contributed by atoms with Crippen molar-refractivity contribution in [3.63, 3.8) is 0 Å². The first-order valence-corrected chi connectivity index (χ1v) is 11.6. The molecule has 0 aromatic heterocycles. The molecule has 5 rings (SSSR count). The minimum Gasteiger partial charge on any atom is -0.496 e. The Balaban J connectivity index is 1.29. The molecule has 2 aromatic rings. The van der Waals surface area contributed by atoms with Crippen molar-refractivity contribution in [3.05, 3.63) is 57.6 Å². The van der Waals surface area contributed by atoms with E-state index >= 15 is 0 Å². The summed E-state index contributed by atoms with van der Waals surface area (Å²) in [6, 6.07) is 10.6. The second-order valence-electron chi connectivity index (χ2n) is 9.01. The highest BCUT2D eigenvalue weighted by Crippen LogP contribution is 2.33. The number of nitro groups is 1. The third-order valence-corrected chi connectivity index (χ3v) is 6.93. The average molecular weight is 454 g/mol. The molecule has 176 valence electrons. The van der Waals surface area contributed by atoms with E-state index in [0.717, 1.165) is 25.1 Å². The van der Waals surface area contributed by atoms with E-state index < -0.39 is 4.92 Å². The van der Waals surface area contributed by atoms with Crippen molar-refractivity contribution >= 4 is 17.1 Å². The van der Waals surface area contributed by atoms with Gasteiger partial charge in [-0.05, 0) is 49.2 Å². The van der Waals surface area contributed by atoms with E-state index in [2.05, 4.69) is 32.6 Å². The molecule has 0 amide bonds. The van der Waals surface area contributed by atoms with E-state index in [-0.39, 0.29) is 11.4 Å². The van der Waals surface area contributed by atoms with Crippen molar-refractivity contribution in [2.75, 3.05) is 66.0 Å². The number of nitrogens with zero attached hydrogens (tertiary/aromatic N) is 5. The van der Waals surface area contributed by atoms with Gasteiger partial charge in [0.25, 0.3) is 5.69 Å². The number of methoxy groups -OCH3 is 1. The molecular formula is C24H33N6O3+. The van der Waals surface area contributed by atoms with Crippen LogP contribution in [0.25, 0.3) is 0 Å². The molecule has 2 bridgehead atoms. The van der Waals surface area contributed by atoms with Crippen LogP contribution < -0.4 is 10.1 Å². The largest absolute Gasteiger partial charge is 0.496 e. The lowest BCUT2D eigenvalue weighted by molar-refractivity contribution is -0.939. The Hall–Kier alpha value is -2.88. The monoisotopic (exact) mass is 453 g/mol. The summed E-state index contributed by atoms with van der Waals surface area (Å²) >= 11 is 0. The molecular weight excluding hydrogens is 420 g/mol. The molecule has 9 heteroatoms. The van der Waals surface area contributed by atoms with E-state index in [0.29, 0.717) is 11.4 Å². The lowest BCUT2D eigenvalue weighted by atomic mass is 10.1. The van der Waals surface area contributed by atoms with Gasteiger partial charge in [-0.1, -0.05) is 12.1 Å². The lowest BCUT2D eigenvalue weighted by Gasteiger charge is -2.50. The molecule has 2 aromatic carbocycles. The number of ether oxygens (including phenoxy) is 1. The fourth-order valence-electron chi connectivity index (χ4n) is 4.69. The summed E-state index contributed by atoms with van der Waals surface area (Å²) in [6.07, 6.45) is 0.954. The maximum atomic E-state index is 11.3. The van der Waals surface area contributed by atoms with Gasteiger partial charge in [-0.25, -0.2) is 0 Å². The number of nitrogens with one attached hydrogen (secondary N) is 1. The maximum absolute atomic E-state index is 11.3. The van der Waals surface area contributed by atoms with Gasteiger partial charge in [0.05, 0.1) is 50.0 Å². The second-order valence-corrected chi connectivity index (χ2v) is 9.01. The van der Waals surface area contributed by atoms with Gasteiger partial charge in [-0.15, -0.1) is 5.11 Å². The van der Waals surface area contributed by atoms with Gasteiger partial charge in [0.15, 0.2) is 5.69 Å².